The van der Waals surface area contributed by atoms with Gasteiger partial charge in [0.15, 0.2) is 5.69 Å². The Bertz CT molecular complexity index is 551. The molecule has 0 aliphatic carbocycles. The summed E-state index contributed by atoms with van der Waals surface area (Å²) in [4.78, 5) is 10.9. The van der Waals surface area contributed by atoms with E-state index in [1.54, 1.807) is 0 Å². The molecule has 82 valence electrons. The normalized spacial score (nSPS) is 10.4. The molecule has 1 N–H and O–H groups in total. The van der Waals surface area contributed by atoms with Crippen LogP contribution >= 0.6 is 15.9 Å². The molecule has 0 atom stereocenters. The molecule has 0 unspecified atom stereocenters. The van der Waals surface area contributed by atoms with Crippen molar-refractivity contribution >= 4 is 21.9 Å². The van der Waals surface area contributed by atoms with Crippen molar-refractivity contribution in [2.24, 2.45) is 0 Å². The van der Waals surface area contributed by atoms with Gasteiger partial charge in [-0.3, -0.25) is 0 Å². The van der Waals surface area contributed by atoms with E-state index in [2.05, 4.69) is 26.2 Å². The fourth-order valence-electron chi connectivity index (χ4n) is 1.34. The van der Waals surface area contributed by atoms with Gasteiger partial charge in [0.1, 0.15) is 0 Å². The maximum absolute atomic E-state index is 10.9. The van der Waals surface area contributed by atoms with E-state index in [0.29, 0.717) is 5.69 Å². The first-order valence-corrected chi connectivity index (χ1v) is 5.29. The van der Waals surface area contributed by atoms with Crippen LogP contribution < -0.4 is 0 Å². The van der Waals surface area contributed by atoms with Gasteiger partial charge in [-0.1, -0.05) is 11.3 Å². The zero-order valence-corrected chi connectivity index (χ0v) is 9.97. The summed E-state index contributed by atoms with van der Waals surface area (Å²) in [6, 6.07) is 5.61. The minimum atomic E-state index is -1.06. The highest BCUT2D eigenvalue weighted by Crippen LogP contribution is 2.22. The van der Waals surface area contributed by atoms with Gasteiger partial charge in [0.25, 0.3) is 0 Å². The van der Waals surface area contributed by atoms with Crippen LogP contribution in [0.2, 0.25) is 0 Å². The van der Waals surface area contributed by atoms with Gasteiger partial charge in [0.2, 0.25) is 0 Å². The number of hydrogen-bond acceptors (Lipinski definition) is 3. The summed E-state index contributed by atoms with van der Waals surface area (Å²) in [6.45, 7) is 1.92. The molecule has 2 rings (SSSR count). The van der Waals surface area contributed by atoms with Crippen molar-refractivity contribution in [1.29, 1.82) is 0 Å². The first-order chi connectivity index (χ1) is 7.59. The molecular formula is C10H8BrN3O2. The van der Waals surface area contributed by atoms with Crippen molar-refractivity contribution in [1.82, 2.24) is 15.0 Å². The molecule has 1 aromatic heterocycles. The maximum Gasteiger partial charge on any atom is 0.356 e. The number of halogens is 1. The first-order valence-electron chi connectivity index (χ1n) is 4.50. The fraction of sp³-hybridized carbons (Fsp3) is 0.100. The number of rotatable bonds is 2. The lowest BCUT2D eigenvalue weighted by Crippen LogP contribution is -2.08. The molecule has 0 aliphatic rings. The Morgan fingerprint density at radius 1 is 1.50 bits per heavy atom. The Labute approximate surface area is 99.8 Å². The van der Waals surface area contributed by atoms with Gasteiger partial charge in [0.05, 0.1) is 11.9 Å². The van der Waals surface area contributed by atoms with E-state index < -0.39 is 5.97 Å². The van der Waals surface area contributed by atoms with Crippen LogP contribution in [0.5, 0.6) is 0 Å². The van der Waals surface area contributed by atoms with Crippen LogP contribution in [0.25, 0.3) is 5.69 Å². The van der Waals surface area contributed by atoms with Crippen LogP contribution in [0.3, 0.4) is 0 Å². The van der Waals surface area contributed by atoms with E-state index in [1.165, 1.54) is 10.9 Å². The minimum Gasteiger partial charge on any atom is -0.476 e. The monoisotopic (exact) mass is 281 g/mol. The zero-order valence-electron chi connectivity index (χ0n) is 8.38. The summed E-state index contributed by atoms with van der Waals surface area (Å²) in [6.07, 6.45) is 1.22. The Morgan fingerprint density at radius 2 is 2.25 bits per heavy atom. The summed E-state index contributed by atoms with van der Waals surface area (Å²) in [5, 5.41) is 16.3. The molecular weight excluding hydrogens is 274 g/mol. The molecule has 0 saturated carbocycles. The van der Waals surface area contributed by atoms with Crippen LogP contribution in [0.1, 0.15) is 16.1 Å². The molecule has 0 fully saturated rings. The molecule has 5 nitrogen and oxygen atoms in total. The van der Waals surface area contributed by atoms with Crippen molar-refractivity contribution in [3.8, 4) is 5.69 Å². The summed E-state index contributed by atoms with van der Waals surface area (Å²) >= 11 is 3.35. The van der Waals surface area contributed by atoms with Crippen molar-refractivity contribution in [3.05, 3.63) is 40.1 Å². The summed E-state index contributed by atoms with van der Waals surface area (Å²) in [7, 11) is 0. The minimum absolute atomic E-state index is 0.0336. The SMILES string of the molecule is Cc1ccc(Br)c(-n2nncc2C(=O)O)c1. The van der Waals surface area contributed by atoms with Crippen molar-refractivity contribution in [3.63, 3.8) is 0 Å². The standard InChI is InChI=1S/C10H8BrN3O2/c1-6-2-3-7(11)8(4-6)14-9(10(15)16)5-12-13-14/h2-5H,1H3,(H,15,16). The van der Waals surface area contributed by atoms with Crippen LogP contribution in [-0.2, 0) is 0 Å². The van der Waals surface area contributed by atoms with E-state index in [9.17, 15) is 4.79 Å². The molecule has 1 heterocycles. The van der Waals surface area contributed by atoms with E-state index >= 15 is 0 Å². The van der Waals surface area contributed by atoms with Gasteiger partial charge in [-0.2, -0.15) is 0 Å². The summed E-state index contributed by atoms with van der Waals surface area (Å²) in [5.41, 5.74) is 1.71. The number of hydrogen-bond donors (Lipinski definition) is 1. The van der Waals surface area contributed by atoms with Gasteiger partial charge in [-0.15, -0.1) is 5.10 Å². The van der Waals surface area contributed by atoms with E-state index in [4.69, 9.17) is 5.11 Å². The molecule has 2 aromatic rings. The Hall–Kier alpha value is -1.69. The van der Waals surface area contributed by atoms with Gasteiger partial charge < -0.3 is 5.11 Å². The van der Waals surface area contributed by atoms with E-state index in [1.807, 2.05) is 25.1 Å². The van der Waals surface area contributed by atoms with E-state index in [-0.39, 0.29) is 5.69 Å². The van der Waals surface area contributed by atoms with Gasteiger partial charge >= 0.3 is 5.97 Å². The Balaban J connectivity index is 2.62. The Morgan fingerprint density at radius 3 is 2.94 bits per heavy atom. The number of nitrogens with zero attached hydrogens (tertiary/aromatic N) is 3. The third-order valence-electron chi connectivity index (χ3n) is 2.10. The molecule has 0 saturated heterocycles. The maximum atomic E-state index is 10.9. The van der Waals surface area contributed by atoms with Crippen molar-refractivity contribution < 1.29 is 9.90 Å². The lowest BCUT2D eigenvalue weighted by atomic mass is 10.2. The lowest BCUT2D eigenvalue weighted by Gasteiger charge is -2.06. The Kier molecular flexibility index (Phi) is 2.74. The highest BCUT2D eigenvalue weighted by atomic mass is 79.9. The number of aryl methyl sites for hydroxylation is 1. The second-order valence-electron chi connectivity index (χ2n) is 3.29. The lowest BCUT2D eigenvalue weighted by molar-refractivity contribution is 0.0687. The molecule has 1 aromatic carbocycles. The number of aromatic carboxylic acids is 1. The van der Waals surface area contributed by atoms with Crippen molar-refractivity contribution in [2.75, 3.05) is 0 Å². The first kappa shape index (κ1) is 10.8. The molecule has 0 bridgehead atoms. The number of benzene rings is 1. The van der Waals surface area contributed by atoms with Crippen LogP contribution in [0.4, 0.5) is 0 Å². The molecule has 0 spiro atoms. The van der Waals surface area contributed by atoms with Gasteiger partial charge in [-0.25, -0.2) is 9.48 Å². The third kappa shape index (κ3) is 1.83. The van der Waals surface area contributed by atoms with Crippen LogP contribution in [0.15, 0.2) is 28.9 Å². The number of carboxylic acid groups (broad SMARTS) is 1. The second kappa shape index (κ2) is 4.05. The molecule has 0 radical (unpaired) electrons. The quantitative estimate of drug-likeness (QED) is 0.915. The van der Waals surface area contributed by atoms with Gasteiger partial charge in [-0.05, 0) is 40.5 Å². The van der Waals surface area contributed by atoms with Crippen LogP contribution in [-0.4, -0.2) is 26.1 Å². The summed E-state index contributed by atoms with van der Waals surface area (Å²) in [5.74, 6) is -1.06. The molecule has 0 amide bonds. The van der Waals surface area contributed by atoms with Crippen molar-refractivity contribution in [2.45, 2.75) is 6.92 Å². The molecule has 16 heavy (non-hydrogen) atoms. The molecule has 0 aliphatic heterocycles. The van der Waals surface area contributed by atoms with Gasteiger partial charge in [0, 0.05) is 4.47 Å². The highest BCUT2D eigenvalue weighted by Gasteiger charge is 2.14. The number of aromatic nitrogens is 3. The molecule has 6 heteroatoms. The predicted molar refractivity (Wildman–Crippen MR) is 60.8 cm³/mol. The third-order valence-corrected chi connectivity index (χ3v) is 2.77. The zero-order chi connectivity index (χ0) is 11.7. The summed E-state index contributed by atoms with van der Waals surface area (Å²) < 4.78 is 2.06. The topological polar surface area (TPSA) is 68.0 Å². The smallest absolute Gasteiger partial charge is 0.356 e. The highest BCUT2D eigenvalue weighted by molar-refractivity contribution is 9.10. The number of carbonyl (C=O) groups is 1. The largest absolute Gasteiger partial charge is 0.476 e. The number of carboxylic acids is 1. The average molecular weight is 282 g/mol. The van der Waals surface area contributed by atoms with E-state index in [0.717, 1.165) is 10.0 Å². The fourth-order valence-corrected chi connectivity index (χ4v) is 1.76. The predicted octanol–water partition coefficient (Wildman–Crippen LogP) is 2.04. The second-order valence-corrected chi connectivity index (χ2v) is 4.15. The van der Waals surface area contributed by atoms with Crippen LogP contribution in [0, 0.1) is 6.92 Å². The average Bonchev–Trinajstić information content (AvgIpc) is 2.70.